The second-order valence-electron chi connectivity index (χ2n) is 5.34. The predicted molar refractivity (Wildman–Crippen MR) is 76.7 cm³/mol. The van der Waals surface area contributed by atoms with Gasteiger partial charge in [0.05, 0.1) is 18.1 Å². The molecule has 0 spiro atoms. The Hall–Kier alpha value is -1.21. The molecule has 0 heterocycles. The van der Waals surface area contributed by atoms with Crippen LogP contribution in [0.3, 0.4) is 0 Å². The third-order valence-electron chi connectivity index (χ3n) is 3.07. The van der Waals surface area contributed by atoms with Crippen molar-refractivity contribution in [2.45, 2.75) is 13.5 Å². The average molecular weight is 303 g/mol. The van der Waals surface area contributed by atoms with E-state index < -0.39 is 10.3 Å². The standard InChI is InChI=1S/C13H19ClN2O4/c1-13(8-17,9-18)7-15(2)6-10-3-4-11(14)12(5-10)16(19)20/h3-5,17-18H,6-9H2,1-2H3. The van der Waals surface area contributed by atoms with Gasteiger partial charge in [-0.05, 0) is 18.7 Å². The van der Waals surface area contributed by atoms with Crippen molar-refractivity contribution in [3.8, 4) is 0 Å². The minimum absolute atomic E-state index is 0.108. The summed E-state index contributed by atoms with van der Waals surface area (Å²) in [4.78, 5) is 12.2. The monoisotopic (exact) mass is 302 g/mol. The maximum Gasteiger partial charge on any atom is 0.288 e. The summed E-state index contributed by atoms with van der Waals surface area (Å²) >= 11 is 5.76. The number of nitro benzene ring substituents is 1. The number of rotatable bonds is 7. The average Bonchev–Trinajstić information content (AvgIpc) is 2.40. The van der Waals surface area contributed by atoms with Gasteiger partial charge in [0.25, 0.3) is 5.69 Å². The molecule has 6 nitrogen and oxygen atoms in total. The molecule has 1 aromatic carbocycles. The summed E-state index contributed by atoms with van der Waals surface area (Å²) < 4.78 is 0. The Morgan fingerprint density at radius 2 is 2.00 bits per heavy atom. The van der Waals surface area contributed by atoms with Crippen LogP contribution in [0.25, 0.3) is 0 Å². The molecule has 0 aliphatic carbocycles. The first-order valence-corrected chi connectivity index (χ1v) is 6.52. The maximum atomic E-state index is 10.8. The Kier molecular flexibility index (Phi) is 5.88. The van der Waals surface area contributed by atoms with Gasteiger partial charge in [0.15, 0.2) is 0 Å². The highest BCUT2D eigenvalue weighted by atomic mass is 35.5. The van der Waals surface area contributed by atoms with Crippen LogP contribution in [0.4, 0.5) is 5.69 Å². The molecule has 0 atom stereocenters. The van der Waals surface area contributed by atoms with Crippen molar-refractivity contribution in [2.24, 2.45) is 5.41 Å². The lowest BCUT2D eigenvalue weighted by Crippen LogP contribution is -2.38. The Bertz CT molecular complexity index is 477. The van der Waals surface area contributed by atoms with E-state index in [1.165, 1.54) is 12.1 Å². The SMILES string of the molecule is CN(Cc1ccc(Cl)c([N+](=O)[O-])c1)CC(C)(CO)CO. The predicted octanol–water partition coefficient (Wildman–Crippen LogP) is 1.67. The molecule has 0 unspecified atom stereocenters. The van der Waals surface area contributed by atoms with E-state index in [0.717, 1.165) is 5.56 Å². The number of halogens is 1. The van der Waals surface area contributed by atoms with E-state index in [-0.39, 0.29) is 23.9 Å². The van der Waals surface area contributed by atoms with Gasteiger partial charge in [-0.3, -0.25) is 10.1 Å². The number of benzene rings is 1. The van der Waals surface area contributed by atoms with Crippen molar-refractivity contribution >= 4 is 17.3 Å². The molecule has 0 fully saturated rings. The largest absolute Gasteiger partial charge is 0.396 e. The van der Waals surface area contributed by atoms with Crippen LogP contribution >= 0.6 is 11.6 Å². The summed E-state index contributed by atoms with van der Waals surface area (Å²) in [7, 11) is 1.82. The van der Waals surface area contributed by atoms with Crippen LogP contribution in [-0.4, -0.2) is 46.8 Å². The van der Waals surface area contributed by atoms with Crippen LogP contribution in [0, 0.1) is 15.5 Å². The summed E-state index contributed by atoms with van der Waals surface area (Å²) in [6, 6.07) is 4.66. The van der Waals surface area contributed by atoms with Crippen molar-refractivity contribution in [1.82, 2.24) is 4.90 Å². The fourth-order valence-corrected chi connectivity index (χ4v) is 2.15. The Morgan fingerprint density at radius 1 is 1.40 bits per heavy atom. The number of aliphatic hydroxyl groups is 2. The van der Waals surface area contributed by atoms with Crippen LogP contribution in [0.15, 0.2) is 18.2 Å². The van der Waals surface area contributed by atoms with Gasteiger partial charge in [-0.15, -0.1) is 0 Å². The first kappa shape index (κ1) is 16.8. The Labute approximate surface area is 122 Å². The Morgan fingerprint density at radius 3 is 2.50 bits per heavy atom. The summed E-state index contributed by atoms with van der Waals surface area (Å²) in [5, 5.41) is 29.5. The van der Waals surface area contributed by atoms with E-state index in [2.05, 4.69) is 0 Å². The van der Waals surface area contributed by atoms with E-state index >= 15 is 0 Å². The lowest BCUT2D eigenvalue weighted by atomic mass is 9.92. The van der Waals surface area contributed by atoms with Crippen molar-refractivity contribution in [3.63, 3.8) is 0 Å². The number of hydrogen-bond donors (Lipinski definition) is 2. The van der Waals surface area contributed by atoms with Gasteiger partial charge in [-0.1, -0.05) is 24.6 Å². The highest BCUT2D eigenvalue weighted by molar-refractivity contribution is 6.32. The molecule has 0 bridgehead atoms. The van der Waals surface area contributed by atoms with E-state index in [1.807, 2.05) is 11.9 Å². The molecule has 1 rings (SSSR count). The van der Waals surface area contributed by atoms with Crippen LogP contribution in [0.1, 0.15) is 12.5 Å². The molecular weight excluding hydrogens is 284 g/mol. The zero-order chi connectivity index (χ0) is 15.3. The maximum absolute atomic E-state index is 10.8. The van der Waals surface area contributed by atoms with Crippen molar-refractivity contribution in [2.75, 3.05) is 26.8 Å². The van der Waals surface area contributed by atoms with E-state index in [9.17, 15) is 20.3 Å². The van der Waals surface area contributed by atoms with Gasteiger partial charge >= 0.3 is 0 Å². The molecule has 0 amide bonds. The van der Waals surface area contributed by atoms with Crippen LogP contribution in [0.2, 0.25) is 5.02 Å². The molecule has 1 aromatic rings. The highest BCUT2D eigenvalue weighted by Crippen LogP contribution is 2.26. The van der Waals surface area contributed by atoms with Gasteiger partial charge in [0, 0.05) is 24.6 Å². The van der Waals surface area contributed by atoms with Crippen LogP contribution < -0.4 is 0 Å². The fourth-order valence-electron chi connectivity index (χ4n) is 1.97. The number of aliphatic hydroxyl groups excluding tert-OH is 2. The minimum atomic E-state index is -0.604. The third-order valence-corrected chi connectivity index (χ3v) is 3.39. The van der Waals surface area contributed by atoms with E-state index in [1.54, 1.807) is 13.0 Å². The molecule has 0 saturated carbocycles. The molecule has 112 valence electrons. The molecular formula is C13H19ClN2O4. The smallest absolute Gasteiger partial charge is 0.288 e. The van der Waals surface area contributed by atoms with Gasteiger partial charge in [-0.2, -0.15) is 0 Å². The van der Waals surface area contributed by atoms with Gasteiger partial charge in [-0.25, -0.2) is 0 Å². The minimum Gasteiger partial charge on any atom is -0.396 e. The molecule has 2 N–H and O–H groups in total. The zero-order valence-corrected chi connectivity index (χ0v) is 12.3. The lowest BCUT2D eigenvalue weighted by molar-refractivity contribution is -0.384. The topological polar surface area (TPSA) is 86.8 Å². The van der Waals surface area contributed by atoms with Crippen LogP contribution in [-0.2, 0) is 6.54 Å². The normalized spacial score (nSPS) is 11.9. The molecule has 0 radical (unpaired) electrons. The highest BCUT2D eigenvalue weighted by Gasteiger charge is 2.24. The van der Waals surface area contributed by atoms with Gasteiger partial charge in [0.2, 0.25) is 0 Å². The second-order valence-corrected chi connectivity index (χ2v) is 5.75. The number of nitrogens with zero attached hydrogens (tertiary/aromatic N) is 2. The molecule has 20 heavy (non-hydrogen) atoms. The molecule has 0 saturated heterocycles. The molecule has 0 aromatic heterocycles. The number of hydrogen-bond acceptors (Lipinski definition) is 5. The molecule has 0 aliphatic heterocycles. The van der Waals surface area contributed by atoms with Gasteiger partial charge in [0.1, 0.15) is 5.02 Å². The summed E-state index contributed by atoms with van der Waals surface area (Å²) in [6.45, 7) is 2.45. The van der Waals surface area contributed by atoms with Crippen molar-refractivity contribution < 1.29 is 15.1 Å². The summed E-state index contributed by atoms with van der Waals surface area (Å²) in [6.07, 6.45) is 0. The molecule has 0 aliphatic rings. The second kappa shape index (κ2) is 6.99. The molecule has 7 heteroatoms. The van der Waals surface area contributed by atoms with Crippen LogP contribution in [0.5, 0.6) is 0 Å². The Balaban J connectivity index is 2.78. The first-order valence-electron chi connectivity index (χ1n) is 6.14. The van der Waals surface area contributed by atoms with Crippen molar-refractivity contribution in [1.29, 1.82) is 0 Å². The quantitative estimate of drug-likeness (QED) is 0.591. The number of nitro groups is 1. The van der Waals surface area contributed by atoms with Crippen molar-refractivity contribution in [3.05, 3.63) is 38.9 Å². The third kappa shape index (κ3) is 4.42. The zero-order valence-electron chi connectivity index (χ0n) is 11.5. The van der Waals surface area contributed by atoms with E-state index in [4.69, 9.17) is 11.6 Å². The lowest BCUT2D eigenvalue weighted by Gasteiger charge is -2.30. The van der Waals surface area contributed by atoms with E-state index in [0.29, 0.717) is 13.1 Å². The summed E-state index contributed by atoms with van der Waals surface area (Å²) in [5.41, 5.74) is 0.0269. The fraction of sp³-hybridized carbons (Fsp3) is 0.538. The first-order chi connectivity index (χ1) is 9.31. The summed E-state index contributed by atoms with van der Waals surface area (Å²) in [5.74, 6) is 0. The van der Waals surface area contributed by atoms with Gasteiger partial charge < -0.3 is 15.1 Å².